The Balaban J connectivity index is 1.37. The third-order valence-corrected chi connectivity index (χ3v) is 11.4. The van der Waals surface area contributed by atoms with Crippen molar-refractivity contribution >= 4 is 76.9 Å². The molecule has 1 aliphatic rings. The van der Waals surface area contributed by atoms with E-state index >= 15 is 0 Å². The van der Waals surface area contributed by atoms with Crippen molar-refractivity contribution in [3.05, 3.63) is 163 Å². The zero-order chi connectivity index (χ0) is 31.3. The van der Waals surface area contributed by atoms with Gasteiger partial charge in [-0.15, -0.1) is 11.8 Å². The molecule has 0 fully saturated rings. The molecule has 0 saturated heterocycles. The van der Waals surface area contributed by atoms with Crippen LogP contribution in [-0.4, -0.2) is 9.13 Å². The molecular formula is C45H28N2S. The summed E-state index contributed by atoms with van der Waals surface area (Å²) in [6, 6.07) is 58.4. The second-order valence-electron chi connectivity index (χ2n) is 12.9. The second-order valence-corrected chi connectivity index (χ2v) is 13.9. The molecule has 0 radical (unpaired) electrons. The second kappa shape index (κ2) is 9.87. The van der Waals surface area contributed by atoms with Crippen molar-refractivity contribution in [3.8, 4) is 22.5 Å². The predicted molar refractivity (Wildman–Crippen MR) is 205 cm³/mol. The smallest absolute Gasteiger partial charge is 0.0627 e. The van der Waals surface area contributed by atoms with Gasteiger partial charge in [0, 0.05) is 54.3 Å². The Morgan fingerprint density at radius 2 is 1.04 bits per heavy atom. The van der Waals surface area contributed by atoms with E-state index in [0.717, 1.165) is 5.75 Å². The summed E-state index contributed by atoms with van der Waals surface area (Å²) in [5.74, 6) is 0.968. The maximum atomic E-state index is 2.55. The Labute approximate surface area is 281 Å². The zero-order valence-electron chi connectivity index (χ0n) is 26.0. The highest BCUT2D eigenvalue weighted by Crippen LogP contribution is 2.48. The van der Waals surface area contributed by atoms with Crippen LogP contribution in [0.5, 0.6) is 0 Å². The van der Waals surface area contributed by atoms with Crippen LogP contribution >= 0.6 is 11.8 Å². The number of rotatable bonds is 2. The molecular weight excluding hydrogens is 601 g/mol. The van der Waals surface area contributed by atoms with Crippen LogP contribution in [0.1, 0.15) is 5.56 Å². The van der Waals surface area contributed by atoms with Gasteiger partial charge in [0.05, 0.1) is 22.1 Å². The quantitative estimate of drug-likeness (QED) is 0.185. The first kappa shape index (κ1) is 26.3. The zero-order valence-corrected chi connectivity index (χ0v) is 26.8. The number of hydrogen-bond acceptors (Lipinski definition) is 1. The molecule has 0 N–H and O–H groups in total. The monoisotopic (exact) mass is 628 g/mol. The molecule has 224 valence electrons. The number of hydrogen-bond donors (Lipinski definition) is 0. The van der Waals surface area contributed by atoms with Gasteiger partial charge in [0.25, 0.3) is 0 Å². The molecule has 0 atom stereocenters. The first-order valence-electron chi connectivity index (χ1n) is 16.6. The molecule has 48 heavy (non-hydrogen) atoms. The molecule has 11 rings (SSSR count). The third kappa shape index (κ3) is 3.54. The summed E-state index contributed by atoms with van der Waals surface area (Å²) in [6.07, 6.45) is 0. The average Bonchev–Trinajstić information content (AvgIpc) is 3.67. The van der Waals surface area contributed by atoms with Crippen LogP contribution in [0.3, 0.4) is 0 Å². The van der Waals surface area contributed by atoms with Crippen LogP contribution in [0.25, 0.3) is 87.7 Å². The molecule has 10 aromatic rings. The Morgan fingerprint density at radius 1 is 0.417 bits per heavy atom. The van der Waals surface area contributed by atoms with Gasteiger partial charge in [0.15, 0.2) is 0 Å². The van der Waals surface area contributed by atoms with E-state index in [1.807, 2.05) is 11.8 Å². The average molecular weight is 629 g/mol. The summed E-state index contributed by atoms with van der Waals surface area (Å²) in [5, 5.41) is 10.2. The van der Waals surface area contributed by atoms with Gasteiger partial charge in [-0.1, -0.05) is 109 Å². The molecule has 0 bridgehead atoms. The Hall–Kier alpha value is -5.77. The van der Waals surface area contributed by atoms with Crippen molar-refractivity contribution in [3.63, 3.8) is 0 Å². The number of para-hydroxylation sites is 2. The predicted octanol–water partition coefficient (Wildman–Crippen LogP) is 12.5. The van der Waals surface area contributed by atoms with Crippen LogP contribution in [-0.2, 0) is 5.75 Å². The molecule has 0 spiro atoms. The van der Waals surface area contributed by atoms with Gasteiger partial charge in [-0.2, -0.15) is 0 Å². The molecule has 3 heteroatoms. The lowest BCUT2D eigenvalue weighted by Gasteiger charge is -2.21. The van der Waals surface area contributed by atoms with Crippen molar-refractivity contribution in [1.82, 2.24) is 9.13 Å². The lowest BCUT2D eigenvalue weighted by Crippen LogP contribution is -2.01. The van der Waals surface area contributed by atoms with Crippen LogP contribution in [0.4, 0.5) is 0 Å². The van der Waals surface area contributed by atoms with Gasteiger partial charge < -0.3 is 9.13 Å². The SMILES string of the molecule is c1ccc(-n2c3ccccc3c3c4c5cc6ccccc6cc5n(-c5ccc6c(c5)CSc5ccccc5-6)c4c4ccccc4c32)cc1. The number of aromatic nitrogens is 2. The minimum absolute atomic E-state index is 0.968. The highest BCUT2D eigenvalue weighted by Gasteiger charge is 2.25. The summed E-state index contributed by atoms with van der Waals surface area (Å²) in [6.45, 7) is 0. The summed E-state index contributed by atoms with van der Waals surface area (Å²) in [7, 11) is 0. The van der Waals surface area contributed by atoms with Crippen LogP contribution < -0.4 is 0 Å². The minimum Gasteiger partial charge on any atom is -0.309 e. The number of fused-ring (bicyclic) bond motifs is 14. The van der Waals surface area contributed by atoms with E-state index in [2.05, 4.69) is 167 Å². The molecule has 2 nitrogen and oxygen atoms in total. The highest BCUT2D eigenvalue weighted by molar-refractivity contribution is 7.98. The van der Waals surface area contributed by atoms with Crippen molar-refractivity contribution in [2.24, 2.45) is 0 Å². The molecule has 8 aromatic carbocycles. The van der Waals surface area contributed by atoms with Gasteiger partial charge in [0.1, 0.15) is 0 Å². The summed E-state index contributed by atoms with van der Waals surface area (Å²) in [4.78, 5) is 1.37. The van der Waals surface area contributed by atoms with Gasteiger partial charge >= 0.3 is 0 Å². The number of nitrogens with zero attached hydrogens (tertiary/aromatic N) is 2. The van der Waals surface area contributed by atoms with Gasteiger partial charge in [-0.3, -0.25) is 0 Å². The van der Waals surface area contributed by atoms with E-state index in [-0.39, 0.29) is 0 Å². The van der Waals surface area contributed by atoms with E-state index in [9.17, 15) is 0 Å². The maximum Gasteiger partial charge on any atom is 0.0627 e. The fourth-order valence-corrected chi connectivity index (χ4v) is 9.37. The van der Waals surface area contributed by atoms with Crippen molar-refractivity contribution in [2.75, 3.05) is 0 Å². The lowest BCUT2D eigenvalue weighted by atomic mass is 9.98. The van der Waals surface area contributed by atoms with E-state index in [1.54, 1.807) is 0 Å². The minimum atomic E-state index is 0.968. The van der Waals surface area contributed by atoms with Gasteiger partial charge in [-0.05, 0) is 76.0 Å². The number of thioether (sulfide) groups is 1. The molecule has 2 aromatic heterocycles. The molecule has 3 heterocycles. The highest BCUT2D eigenvalue weighted by atomic mass is 32.2. The Morgan fingerprint density at radius 3 is 1.85 bits per heavy atom. The van der Waals surface area contributed by atoms with Gasteiger partial charge in [-0.25, -0.2) is 0 Å². The topological polar surface area (TPSA) is 9.86 Å². The molecule has 0 saturated carbocycles. The van der Waals surface area contributed by atoms with E-state index in [0.29, 0.717) is 0 Å². The first-order valence-corrected chi connectivity index (χ1v) is 17.5. The normalized spacial score (nSPS) is 12.8. The molecule has 0 unspecified atom stereocenters. The van der Waals surface area contributed by atoms with Gasteiger partial charge in [0.2, 0.25) is 0 Å². The summed E-state index contributed by atoms with van der Waals surface area (Å²) >= 11 is 1.94. The van der Waals surface area contributed by atoms with Crippen molar-refractivity contribution < 1.29 is 0 Å². The third-order valence-electron chi connectivity index (χ3n) is 10.3. The van der Waals surface area contributed by atoms with E-state index in [4.69, 9.17) is 0 Å². The summed E-state index contributed by atoms with van der Waals surface area (Å²) < 4.78 is 5.03. The number of benzene rings is 8. The standard InChI is InChI=1S/C45H28N2S/c1-2-14-31(15-3-1)46-39-20-10-8-19-37(39)42-43-38-25-28-12-4-5-13-29(28)26-40(38)47(45(43)36-18-7-6-17-35(36)44(42)46)32-22-23-33-30(24-32)27-48-41-21-11-9-16-34(33)41/h1-26H,27H2. The van der Waals surface area contributed by atoms with Crippen LogP contribution in [0, 0.1) is 0 Å². The fourth-order valence-electron chi connectivity index (χ4n) is 8.31. The Kier molecular flexibility index (Phi) is 5.41. The van der Waals surface area contributed by atoms with Crippen molar-refractivity contribution in [1.29, 1.82) is 0 Å². The van der Waals surface area contributed by atoms with Crippen LogP contribution in [0.15, 0.2) is 163 Å². The van der Waals surface area contributed by atoms with E-state index < -0.39 is 0 Å². The lowest BCUT2D eigenvalue weighted by molar-refractivity contribution is 1.17. The first-order chi connectivity index (χ1) is 23.8. The fraction of sp³-hybridized carbons (Fsp3) is 0.0222. The van der Waals surface area contributed by atoms with Crippen molar-refractivity contribution in [2.45, 2.75) is 10.6 Å². The summed E-state index contributed by atoms with van der Waals surface area (Å²) in [5.41, 5.74) is 11.4. The van der Waals surface area contributed by atoms with E-state index in [1.165, 1.54) is 98.1 Å². The molecule has 0 aliphatic carbocycles. The maximum absolute atomic E-state index is 2.55. The molecule has 1 aliphatic heterocycles. The van der Waals surface area contributed by atoms with Crippen LogP contribution in [0.2, 0.25) is 0 Å². The Bertz CT molecular complexity index is 2950. The molecule has 0 amide bonds. The largest absolute Gasteiger partial charge is 0.309 e.